The summed E-state index contributed by atoms with van der Waals surface area (Å²) in [6, 6.07) is 11.4. The molecule has 3 aromatic rings. The Morgan fingerprint density at radius 3 is 2.59 bits per heavy atom. The number of aromatic amines is 1. The number of nitrogens with zero attached hydrogens (tertiary/aromatic N) is 4. The van der Waals surface area contributed by atoms with Crippen LogP contribution in [-0.4, -0.2) is 26.0 Å². The van der Waals surface area contributed by atoms with E-state index in [-0.39, 0.29) is 11.0 Å². The van der Waals surface area contributed by atoms with Crippen LogP contribution in [-0.2, 0) is 5.41 Å². The van der Waals surface area contributed by atoms with Gasteiger partial charge in [-0.05, 0) is 5.56 Å². The first-order valence-electron chi connectivity index (χ1n) is 7.03. The molecule has 6 nitrogen and oxygen atoms in total. The van der Waals surface area contributed by atoms with Gasteiger partial charge in [0, 0.05) is 17.7 Å². The molecule has 0 saturated carbocycles. The van der Waals surface area contributed by atoms with E-state index in [9.17, 15) is 4.79 Å². The SMILES string of the molecule is CC(C)(C)c1nnc2cc(N=Cc3ccccc3)[nH]n2c1=O. The van der Waals surface area contributed by atoms with E-state index in [1.54, 1.807) is 12.3 Å². The van der Waals surface area contributed by atoms with E-state index in [1.807, 2.05) is 51.1 Å². The third-order valence-corrected chi connectivity index (χ3v) is 3.24. The molecular weight excluding hydrogens is 278 g/mol. The molecule has 0 amide bonds. The van der Waals surface area contributed by atoms with E-state index >= 15 is 0 Å². The first kappa shape index (κ1) is 14.2. The second kappa shape index (κ2) is 5.22. The highest BCUT2D eigenvalue weighted by molar-refractivity contribution is 5.81. The van der Waals surface area contributed by atoms with E-state index < -0.39 is 0 Å². The van der Waals surface area contributed by atoms with Gasteiger partial charge in [0.25, 0.3) is 5.56 Å². The van der Waals surface area contributed by atoms with Crippen molar-refractivity contribution in [1.82, 2.24) is 19.8 Å². The molecule has 3 rings (SSSR count). The van der Waals surface area contributed by atoms with Crippen LogP contribution in [0.3, 0.4) is 0 Å². The van der Waals surface area contributed by atoms with Crippen LogP contribution in [0, 0.1) is 0 Å². The van der Waals surface area contributed by atoms with Gasteiger partial charge in [-0.3, -0.25) is 9.89 Å². The number of nitrogens with one attached hydrogen (secondary N) is 1. The van der Waals surface area contributed by atoms with Crippen molar-refractivity contribution in [2.24, 2.45) is 4.99 Å². The van der Waals surface area contributed by atoms with Crippen LogP contribution < -0.4 is 5.56 Å². The van der Waals surface area contributed by atoms with E-state index in [1.165, 1.54) is 4.52 Å². The molecule has 0 unspecified atom stereocenters. The lowest BCUT2D eigenvalue weighted by molar-refractivity contribution is 0.542. The van der Waals surface area contributed by atoms with Gasteiger partial charge in [0.2, 0.25) is 0 Å². The van der Waals surface area contributed by atoms with Crippen molar-refractivity contribution in [1.29, 1.82) is 0 Å². The van der Waals surface area contributed by atoms with E-state index in [4.69, 9.17) is 0 Å². The van der Waals surface area contributed by atoms with Crippen LogP contribution in [0.5, 0.6) is 0 Å². The molecule has 1 N–H and O–H groups in total. The van der Waals surface area contributed by atoms with Gasteiger partial charge in [-0.1, -0.05) is 51.1 Å². The van der Waals surface area contributed by atoms with Crippen LogP contribution in [0.2, 0.25) is 0 Å². The fourth-order valence-corrected chi connectivity index (χ4v) is 2.09. The zero-order valence-corrected chi connectivity index (χ0v) is 12.7. The van der Waals surface area contributed by atoms with Crippen LogP contribution in [0.25, 0.3) is 5.65 Å². The normalized spacial score (nSPS) is 12.3. The Morgan fingerprint density at radius 1 is 1.18 bits per heavy atom. The van der Waals surface area contributed by atoms with E-state index in [0.717, 1.165) is 5.56 Å². The van der Waals surface area contributed by atoms with Crippen molar-refractivity contribution >= 4 is 17.7 Å². The lowest BCUT2D eigenvalue weighted by Crippen LogP contribution is -2.30. The predicted molar refractivity (Wildman–Crippen MR) is 86.0 cm³/mol. The summed E-state index contributed by atoms with van der Waals surface area (Å²) < 4.78 is 1.38. The highest BCUT2D eigenvalue weighted by atomic mass is 16.1. The number of aromatic nitrogens is 4. The third-order valence-electron chi connectivity index (χ3n) is 3.24. The van der Waals surface area contributed by atoms with Crippen molar-refractivity contribution in [2.45, 2.75) is 26.2 Å². The quantitative estimate of drug-likeness (QED) is 0.738. The molecule has 112 valence electrons. The minimum Gasteiger partial charge on any atom is -0.273 e. The number of hydrogen-bond donors (Lipinski definition) is 1. The number of H-pyrrole nitrogens is 1. The molecule has 0 atom stereocenters. The standard InChI is InChI=1S/C16H17N5O/c1-16(2,3)14-15(22)21-13(18-19-14)9-12(20-21)17-10-11-7-5-4-6-8-11/h4-10,20H,1-3H3. The fourth-order valence-electron chi connectivity index (χ4n) is 2.09. The molecule has 0 saturated heterocycles. The minimum atomic E-state index is -0.357. The number of rotatable bonds is 2. The minimum absolute atomic E-state index is 0.196. The molecule has 0 radical (unpaired) electrons. The molecule has 6 heteroatoms. The smallest absolute Gasteiger partial charge is 0.273 e. The molecule has 0 spiro atoms. The molecule has 0 aliphatic heterocycles. The molecule has 0 fully saturated rings. The number of benzene rings is 1. The Morgan fingerprint density at radius 2 is 1.91 bits per heavy atom. The molecular formula is C16H17N5O. The third kappa shape index (κ3) is 2.67. The van der Waals surface area contributed by atoms with Crippen molar-refractivity contribution in [3.8, 4) is 0 Å². The molecule has 22 heavy (non-hydrogen) atoms. The molecule has 0 bridgehead atoms. The summed E-state index contributed by atoms with van der Waals surface area (Å²) in [6.45, 7) is 5.80. The summed E-state index contributed by atoms with van der Waals surface area (Å²) in [5.74, 6) is 0.557. The highest BCUT2D eigenvalue weighted by Crippen LogP contribution is 2.17. The van der Waals surface area contributed by atoms with Gasteiger partial charge in [0.1, 0.15) is 11.5 Å². The molecule has 2 heterocycles. The first-order chi connectivity index (χ1) is 10.4. The van der Waals surface area contributed by atoms with Crippen molar-refractivity contribution in [2.75, 3.05) is 0 Å². The van der Waals surface area contributed by atoms with Crippen LogP contribution in [0.15, 0.2) is 46.2 Å². The second-order valence-corrected chi connectivity index (χ2v) is 6.11. The number of aliphatic imine (C=N–C) groups is 1. The summed E-state index contributed by atoms with van der Waals surface area (Å²) in [6.07, 6.45) is 1.73. The number of hydrogen-bond acceptors (Lipinski definition) is 4. The lowest BCUT2D eigenvalue weighted by atomic mass is 9.93. The topological polar surface area (TPSA) is 75.4 Å². The lowest BCUT2D eigenvalue weighted by Gasteiger charge is -2.14. The maximum Gasteiger partial charge on any atom is 0.295 e. The van der Waals surface area contributed by atoms with E-state index in [0.29, 0.717) is 17.2 Å². The Bertz CT molecular complexity index is 884. The van der Waals surface area contributed by atoms with Crippen LogP contribution in [0.1, 0.15) is 32.0 Å². The van der Waals surface area contributed by atoms with Gasteiger partial charge in [-0.15, -0.1) is 10.2 Å². The molecule has 0 aliphatic carbocycles. The van der Waals surface area contributed by atoms with Gasteiger partial charge < -0.3 is 0 Å². The second-order valence-electron chi connectivity index (χ2n) is 6.11. The van der Waals surface area contributed by atoms with Gasteiger partial charge in [0.05, 0.1) is 0 Å². The molecule has 1 aromatic carbocycles. The Balaban J connectivity index is 2.02. The maximum atomic E-state index is 12.4. The van der Waals surface area contributed by atoms with Gasteiger partial charge in [-0.2, -0.15) is 4.52 Å². The average molecular weight is 295 g/mol. The van der Waals surface area contributed by atoms with E-state index in [2.05, 4.69) is 20.3 Å². The fraction of sp³-hybridized carbons (Fsp3) is 0.250. The highest BCUT2D eigenvalue weighted by Gasteiger charge is 2.22. The Labute approximate surface area is 127 Å². The van der Waals surface area contributed by atoms with Gasteiger partial charge >= 0.3 is 0 Å². The first-order valence-corrected chi connectivity index (χ1v) is 7.03. The van der Waals surface area contributed by atoms with Crippen molar-refractivity contribution in [3.05, 3.63) is 58.0 Å². The zero-order chi connectivity index (χ0) is 15.7. The monoisotopic (exact) mass is 295 g/mol. The molecule has 2 aromatic heterocycles. The largest absolute Gasteiger partial charge is 0.295 e. The zero-order valence-electron chi connectivity index (χ0n) is 12.7. The summed E-state index contributed by atoms with van der Waals surface area (Å²) >= 11 is 0. The predicted octanol–water partition coefficient (Wildman–Crippen LogP) is 2.47. The Kier molecular flexibility index (Phi) is 3.36. The summed E-state index contributed by atoms with van der Waals surface area (Å²) in [4.78, 5) is 16.8. The summed E-state index contributed by atoms with van der Waals surface area (Å²) in [5.41, 5.74) is 1.31. The van der Waals surface area contributed by atoms with Crippen molar-refractivity contribution < 1.29 is 0 Å². The van der Waals surface area contributed by atoms with Crippen LogP contribution >= 0.6 is 0 Å². The summed E-state index contributed by atoms with van der Waals surface area (Å²) in [5, 5.41) is 11.1. The maximum absolute atomic E-state index is 12.4. The van der Waals surface area contributed by atoms with Crippen molar-refractivity contribution in [3.63, 3.8) is 0 Å². The van der Waals surface area contributed by atoms with Gasteiger partial charge in [0.15, 0.2) is 5.65 Å². The Hall–Kier alpha value is -2.76. The number of fused-ring (bicyclic) bond motifs is 1. The van der Waals surface area contributed by atoms with Gasteiger partial charge in [-0.25, -0.2) is 4.99 Å². The molecule has 0 aliphatic rings. The van der Waals surface area contributed by atoms with Crippen LogP contribution in [0.4, 0.5) is 5.82 Å². The average Bonchev–Trinajstić information content (AvgIpc) is 2.89. The summed E-state index contributed by atoms with van der Waals surface area (Å²) in [7, 11) is 0.